The van der Waals surface area contributed by atoms with Crippen molar-refractivity contribution in [3.63, 3.8) is 0 Å². The molecule has 0 bridgehead atoms. The topological polar surface area (TPSA) is 61.8 Å². The van der Waals surface area contributed by atoms with Crippen LogP contribution in [0.2, 0.25) is 0 Å². The van der Waals surface area contributed by atoms with Gasteiger partial charge in [-0.15, -0.1) is 0 Å². The van der Waals surface area contributed by atoms with Gasteiger partial charge >= 0.3 is 11.9 Å². The number of ether oxygens (including phenoxy) is 3. The molecule has 0 aliphatic carbocycles. The second-order valence-electron chi connectivity index (χ2n) is 11.5. The normalized spacial score (nSPS) is 11.8. The van der Waals surface area contributed by atoms with Gasteiger partial charge in [0.15, 0.2) is 0 Å². The van der Waals surface area contributed by atoms with Gasteiger partial charge in [0.1, 0.15) is 17.6 Å². The number of aryl methyl sites for hydroxylation is 1. The van der Waals surface area contributed by atoms with Crippen molar-refractivity contribution < 1.29 is 23.8 Å². The Morgan fingerprint density at radius 1 is 0.674 bits per heavy atom. The van der Waals surface area contributed by atoms with E-state index in [1.165, 1.54) is 44.9 Å². The minimum atomic E-state index is -0.447. The molecule has 3 aromatic carbocycles. The number of rotatable bonds is 18. The summed E-state index contributed by atoms with van der Waals surface area (Å²) < 4.78 is 17.3. The number of carbonyl (C=O) groups is 2. The van der Waals surface area contributed by atoms with Crippen LogP contribution >= 0.6 is 0 Å². The molecule has 0 heterocycles. The van der Waals surface area contributed by atoms with Crippen molar-refractivity contribution in [2.75, 3.05) is 6.61 Å². The average Bonchev–Trinajstić information content (AvgIpc) is 3.02. The van der Waals surface area contributed by atoms with Crippen molar-refractivity contribution in [2.24, 2.45) is 5.92 Å². The van der Waals surface area contributed by atoms with Crippen molar-refractivity contribution in [1.82, 2.24) is 0 Å². The van der Waals surface area contributed by atoms with Crippen LogP contribution in [0.15, 0.2) is 66.7 Å². The van der Waals surface area contributed by atoms with Gasteiger partial charge in [0, 0.05) is 0 Å². The highest BCUT2D eigenvalue weighted by Crippen LogP contribution is 2.25. The zero-order valence-electron chi connectivity index (χ0n) is 26.8. The van der Waals surface area contributed by atoms with Crippen LogP contribution in [0.3, 0.4) is 0 Å². The fourth-order valence-corrected chi connectivity index (χ4v) is 5.30. The molecule has 0 saturated heterocycles. The van der Waals surface area contributed by atoms with Crippen LogP contribution in [0.5, 0.6) is 11.5 Å². The van der Waals surface area contributed by atoms with Gasteiger partial charge in [-0.05, 0) is 98.2 Å². The number of hydrogen-bond acceptors (Lipinski definition) is 5. The van der Waals surface area contributed by atoms with Crippen molar-refractivity contribution in [2.45, 2.75) is 105 Å². The molecule has 5 nitrogen and oxygen atoms in total. The number of unbranched alkanes of at least 4 members (excludes halogenated alkanes) is 7. The van der Waals surface area contributed by atoms with Crippen molar-refractivity contribution in [3.8, 4) is 22.6 Å². The molecule has 0 N–H and O–H groups in total. The zero-order chi connectivity index (χ0) is 31.0. The Morgan fingerprint density at radius 2 is 1.23 bits per heavy atom. The first-order valence-electron chi connectivity index (χ1n) is 16.2. The van der Waals surface area contributed by atoms with E-state index < -0.39 is 5.97 Å². The highest BCUT2D eigenvalue weighted by molar-refractivity contribution is 5.93. The molecule has 0 saturated carbocycles. The lowest BCUT2D eigenvalue weighted by Crippen LogP contribution is -2.23. The Balaban J connectivity index is 1.48. The standard InChI is InChI=1S/C38H50O5/c1-6-9-10-11-12-13-14-15-26-41-35-23-20-32(21-24-35)31-16-18-33(19-17-31)37(39)43-36-25-22-34(27-28(36)4)38(40)42-29(5)30(7-2)8-3/h16-25,27,29-30H,6-15,26H2,1-5H3. The summed E-state index contributed by atoms with van der Waals surface area (Å²) in [7, 11) is 0. The molecule has 1 unspecified atom stereocenters. The van der Waals surface area contributed by atoms with Gasteiger partial charge < -0.3 is 14.2 Å². The monoisotopic (exact) mass is 586 g/mol. The fraction of sp³-hybridized carbons (Fsp3) is 0.474. The van der Waals surface area contributed by atoms with E-state index in [9.17, 15) is 9.59 Å². The third-order valence-electron chi connectivity index (χ3n) is 8.19. The molecule has 232 valence electrons. The van der Waals surface area contributed by atoms with Crippen LogP contribution < -0.4 is 9.47 Å². The molecule has 0 spiro atoms. The second kappa shape index (κ2) is 18.1. The molecule has 0 amide bonds. The molecule has 43 heavy (non-hydrogen) atoms. The molecule has 0 fully saturated rings. The Kier molecular flexibility index (Phi) is 14.3. The lowest BCUT2D eigenvalue weighted by atomic mass is 9.98. The van der Waals surface area contributed by atoms with Crippen LogP contribution in [0.1, 0.15) is 118 Å². The maximum Gasteiger partial charge on any atom is 0.343 e. The maximum absolute atomic E-state index is 12.9. The van der Waals surface area contributed by atoms with Crippen molar-refractivity contribution >= 4 is 11.9 Å². The summed E-state index contributed by atoms with van der Waals surface area (Å²) in [6.07, 6.45) is 12.0. The van der Waals surface area contributed by atoms with E-state index in [1.54, 1.807) is 30.3 Å². The number of benzene rings is 3. The lowest BCUT2D eigenvalue weighted by Gasteiger charge is -2.21. The summed E-state index contributed by atoms with van der Waals surface area (Å²) in [4.78, 5) is 25.5. The zero-order valence-corrected chi connectivity index (χ0v) is 26.8. The van der Waals surface area contributed by atoms with Gasteiger partial charge in [-0.25, -0.2) is 9.59 Å². The third-order valence-corrected chi connectivity index (χ3v) is 8.19. The third kappa shape index (κ3) is 10.9. The number of carbonyl (C=O) groups excluding carboxylic acids is 2. The predicted octanol–water partition coefficient (Wildman–Crippen LogP) is 10.4. The Morgan fingerprint density at radius 3 is 1.81 bits per heavy atom. The van der Waals surface area contributed by atoms with Crippen molar-refractivity contribution in [3.05, 3.63) is 83.4 Å². The van der Waals surface area contributed by atoms with Gasteiger partial charge in [-0.3, -0.25) is 0 Å². The Bertz CT molecular complexity index is 1260. The van der Waals surface area contributed by atoms with E-state index >= 15 is 0 Å². The van der Waals surface area contributed by atoms with E-state index in [1.807, 2.05) is 50.2 Å². The van der Waals surface area contributed by atoms with Crippen LogP contribution in [0, 0.1) is 12.8 Å². The predicted molar refractivity (Wildman–Crippen MR) is 175 cm³/mol. The van der Waals surface area contributed by atoms with E-state index in [0.29, 0.717) is 28.4 Å². The first-order chi connectivity index (χ1) is 20.9. The lowest BCUT2D eigenvalue weighted by molar-refractivity contribution is 0.0184. The van der Waals surface area contributed by atoms with Crippen LogP contribution in [-0.2, 0) is 4.74 Å². The summed E-state index contributed by atoms with van der Waals surface area (Å²) in [5.74, 6) is 0.818. The molecule has 1 atom stereocenters. The molecular weight excluding hydrogens is 536 g/mol. The van der Waals surface area contributed by atoms with Gasteiger partial charge in [0.2, 0.25) is 0 Å². The van der Waals surface area contributed by atoms with Gasteiger partial charge in [0.25, 0.3) is 0 Å². The van der Waals surface area contributed by atoms with Gasteiger partial charge in [-0.1, -0.05) is 90.0 Å². The second-order valence-corrected chi connectivity index (χ2v) is 11.5. The van der Waals surface area contributed by atoms with Crippen LogP contribution in [0.4, 0.5) is 0 Å². The first-order valence-corrected chi connectivity index (χ1v) is 16.2. The van der Waals surface area contributed by atoms with Gasteiger partial charge in [-0.2, -0.15) is 0 Å². The average molecular weight is 587 g/mol. The molecule has 3 aromatic rings. The molecule has 5 heteroatoms. The van der Waals surface area contributed by atoms with Crippen molar-refractivity contribution in [1.29, 1.82) is 0 Å². The van der Waals surface area contributed by atoms with E-state index in [4.69, 9.17) is 14.2 Å². The summed E-state index contributed by atoms with van der Waals surface area (Å²) in [6, 6.07) is 20.4. The maximum atomic E-state index is 12.9. The summed E-state index contributed by atoms with van der Waals surface area (Å²) >= 11 is 0. The molecule has 0 aliphatic heterocycles. The van der Waals surface area contributed by atoms with E-state index in [-0.39, 0.29) is 12.1 Å². The summed E-state index contributed by atoms with van der Waals surface area (Å²) in [5.41, 5.74) is 3.66. The highest BCUT2D eigenvalue weighted by atomic mass is 16.5. The van der Waals surface area contributed by atoms with Crippen LogP contribution in [0.25, 0.3) is 11.1 Å². The summed E-state index contributed by atoms with van der Waals surface area (Å²) in [6.45, 7) is 11.0. The quantitative estimate of drug-likeness (QED) is 0.0843. The molecule has 0 aromatic heterocycles. The SMILES string of the molecule is CCCCCCCCCCOc1ccc(-c2ccc(C(=O)Oc3ccc(C(=O)OC(C)C(CC)CC)cc3C)cc2)cc1. The van der Waals surface area contributed by atoms with Crippen LogP contribution in [-0.4, -0.2) is 24.6 Å². The Hall–Kier alpha value is -3.60. The first kappa shape index (κ1) is 33.9. The van der Waals surface area contributed by atoms with Gasteiger partial charge in [0.05, 0.1) is 17.7 Å². The van der Waals surface area contributed by atoms with E-state index in [2.05, 4.69) is 20.8 Å². The minimum Gasteiger partial charge on any atom is -0.494 e. The Labute approximate surface area is 259 Å². The smallest absolute Gasteiger partial charge is 0.343 e. The fourth-order valence-electron chi connectivity index (χ4n) is 5.30. The summed E-state index contributed by atoms with van der Waals surface area (Å²) in [5, 5.41) is 0. The van der Waals surface area contributed by atoms with E-state index in [0.717, 1.165) is 42.7 Å². The number of esters is 2. The minimum absolute atomic E-state index is 0.154. The largest absolute Gasteiger partial charge is 0.494 e. The molecule has 0 aliphatic rings. The number of hydrogen-bond donors (Lipinski definition) is 0. The molecule has 0 radical (unpaired) electrons. The molecular formula is C38H50O5. The molecule has 3 rings (SSSR count). The highest BCUT2D eigenvalue weighted by Gasteiger charge is 2.20.